The first-order valence-corrected chi connectivity index (χ1v) is 5.11. The number of rotatable bonds is 5. The summed E-state index contributed by atoms with van der Waals surface area (Å²) in [4.78, 5) is 24.4. The minimum absolute atomic E-state index is 0.200. The molecule has 1 aliphatic rings. The molecular weight excluding hydrogens is 182 g/mol. The van der Waals surface area contributed by atoms with Crippen molar-refractivity contribution in [1.29, 1.82) is 0 Å². The summed E-state index contributed by atoms with van der Waals surface area (Å²) in [7, 11) is 0. The lowest BCUT2D eigenvalue weighted by atomic mass is 10.1. The van der Waals surface area contributed by atoms with Crippen LogP contribution in [0.4, 0.5) is 0 Å². The van der Waals surface area contributed by atoms with Gasteiger partial charge in [-0.25, -0.2) is 0 Å². The molecule has 1 rings (SSSR count). The van der Waals surface area contributed by atoms with Crippen molar-refractivity contribution in [3.05, 3.63) is 0 Å². The van der Waals surface area contributed by atoms with Crippen molar-refractivity contribution in [2.75, 3.05) is 13.1 Å². The Balaban J connectivity index is 2.68. The highest BCUT2D eigenvalue weighted by Crippen LogP contribution is 2.47. The maximum atomic E-state index is 11.8. The summed E-state index contributed by atoms with van der Waals surface area (Å²) >= 11 is 0. The zero-order valence-corrected chi connectivity index (χ0v) is 8.75. The predicted octanol–water partition coefficient (Wildman–Crippen LogP) is 1.11. The molecule has 0 radical (unpaired) electrons. The van der Waals surface area contributed by atoms with Gasteiger partial charge in [0.05, 0.1) is 0 Å². The van der Waals surface area contributed by atoms with Crippen LogP contribution in [0.1, 0.15) is 33.1 Å². The molecule has 0 aromatic rings. The Kier molecular flexibility index (Phi) is 3.13. The molecule has 0 bridgehead atoms. The highest BCUT2D eigenvalue weighted by Gasteiger charge is 2.58. The molecule has 1 aliphatic carbocycles. The first-order valence-electron chi connectivity index (χ1n) is 5.11. The Bertz CT molecular complexity index is 246. The van der Waals surface area contributed by atoms with E-state index >= 15 is 0 Å². The quantitative estimate of drug-likeness (QED) is 0.675. The van der Waals surface area contributed by atoms with Gasteiger partial charge >= 0.3 is 5.97 Å². The minimum Gasteiger partial charge on any atom is -0.480 e. The first kappa shape index (κ1) is 11.0. The van der Waals surface area contributed by atoms with Crippen molar-refractivity contribution in [2.45, 2.75) is 33.1 Å². The average Bonchev–Trinajstić information content (AvgIpc) is 2.93. The van der Waals surface area contributed by atoms with Crippen LogP contribution in [0.25, 0.3) is 0 Å². The molecule has 0 aliphatic heterocycles. The number of carbonyl (C=O) groups excluding carboxylic acids is 1. The van der Waals surface area contributed by atoms with Gasteiger partial charge in [-0.3, -0.25) is 9.59 Å². The van der Waals surface area contributed by atoms with E-state index in [0.29, 0.717) is 25.9 Å². The van der Waals surface area contributed by atoms with Gasteiger partial charge in [0.1, 0.15) is 5.41 Å². The number of nitrogens with zero attached hydrogens (tertiary/aromatic N) is 1. The van der Waals surface area contributed by atoms with Crippen LogP contribution in [0.2, 0.25) is 0 Å². The standard InChI is InChI=1S/C10H17NO3/c1-3-7-11(4-2)8(12)10(5-6-10)9(13)14/h3-7H2,1-2H3,(H,13,14). The molecule has 1 N–H and O–H groups in total. The van der Waals surface area contributed by atoms with Crippen LogP contribution in [0.5, 0.6) is 0 Å². The van der Waals surface area contributed by atoms with Crippen molar-refractivity contribution in [3.63, 3.8) is 0 Å². The van der Waals surface area contributed by atoms with Gasteiger partial charge in [0.15, 0.2) is 0 Å². The first-order chi connectivity index (χ1) is 6.58. The molecule has 0 unspecified atom stereocenters. The van der Waals surface area contributed by atoms with Crippen molar-refractivity contribution < 1.29 is 14.7 Å². The molecule has 14 heavy (non-hydrogen) atoms. The third kappa shape index (κ3) is 1.74. The van der Waals surface area contributed by atoms with Gasteiger partial charge in [0, 0.05) is 13.1 Å². The van der Waals surface area contributed by atoms with Crippen LogP contribution >= 0.6 is 0 Å². The molecule has 0 aromatic carbocycles. The molecular formula is C10H17NO3. The molecule has 1 fully saturated rings. The number of aliphatic carboxylic acids is 1. The fourth-order valence-corrected chi connectivity index (χ4v) is 1.62. The van der Waals surface area contributed by atoms with E-state index in [9.17, 15) is 9.59 Å². The van der Waals surface area contributed by atoms with E-state index in [1.165, 1.54) is 0 Å². The Morgan fingerprint density at radius 3 is 2.21 bits per heavy atom. The largest absolute Gasteiger partial charge is 0.480 e. The lowest BCUT2D eigenvalue weighted by molar-refractivity contribution is -0.153. The average molecular weight is 199 g/mol. The van der Waals surface area contributed by atoms with Gasteiger partial charge in [-0.1, -0.05) is 6.92 Å². The maximum Gasteiger partial charge on any atom is 0.319 e. The summed E-state index contributed by atoms with van der Waals surface area (Å²) in [6.45, 7) is 5.12. The van der Waals surface area contributed by atoms with Crippen LogP contribution in [-0.2, 0) is 9.59 Å². The number of hydrogen-bond acceptors (Lipinski definition) is 2. The lowest BCUT2D eigenvalue weighted by Crippen LogP contribution is -2.41. The summed E-state index contributed by atoms with van der Waals surface area (Å²) in [5.74, 6) is -1.16. The van der Waals surface area contributed by atoms with E-state index in [4.69, 9.17) is 5.11 Å². The second-order valence-corrected chi connectivity index (χ2v) is 3.77. The monoisotopic (exact) mass is 199 g/mol. The second-order valence-electron chi connectivity index (χ2n) is 3.77. The van der Waals surface area contributed by atoms with E-state index in [1.807, 2.05) is 13.8 Å². The van der Waals surface area contributed by atoms with Crippen LogP contribution < -0.4 is 0 Å². The Morgan fingerprint density at radius 1 is 1.36 bits per heavy atom. The maximum absolute atomic E-state index is 11.8. The lowest BCUT2D eigenvalue weighted by Gasteiger charge is -2.23. The summed E-state index contributed by atoms with van der Waals surface area (Å²) in [5.41, 5.74) is -1.06. The number of carbonyl (C=O) groups is 2. The van der Waals surface area contributed by atoms with Crippen LogP contribution in [0, 0.1) is 5.41 Å². The third-order valence-electron chi connectivity index (χ3n) is 2.73. The van der Waals surface area contributed by atoms with Gasteiger partial charge in [-0.15, -0.1) is 0 Å². The summed E-state index contributed by atoms with van der Waals surface area (Å²) < 4.78 is 0. The second kappa shape index (κ2) is 3.98. The number of amides is 1. The van der Waals surface area contributed by atoms with Gasteiger partial charge in [-0.2, -0.15) is 0 Å². The van der Waals surface area contributed by atoms with E-state index in [1.54, 1.807) is 4.90 Å². The van der Waals surface area contributed by atoms with E-state index < -0.39 is 11.4 Å². The summed E-state index contributed by atoms with van der Waals surface area (Å²) in [5, 5.41) is 8.94. The fourth-order valence-electron chi connectivity index (χ4n) is 1.62. The third-order valence-corrected chi connectivity index (χ3v) is 2.73. The Morgan fingerprint density at radius 2 is 1.93 bits per heavy atom. The number of carboxylic acid groups (broad SMARTS) is 1. The Labute approximate surface area is 83.9 Å². The molecule has 4 heteroatoms. The van der Waals surface area contributed by atoms with Gasteiger partial charge < -0.3 is 10.0 Å². The molecule has 4 nitrogen and oxygen atoms in total. The van der Waals surface area contributed by atoms with Gasteiger partial charge in [0.25, 0.3) is 0 Å². The van der Waals surface area contributed by atoms with Crippen molar-refractivity contribution in [1.82, 2.24) is 4.90 Å². The Hall–Kier alpha value is -1.06. The molecule has 1 saturated carbocycles. The van der Waals surface area contributed by atoms with Crippen molar-refractivity contribution >= 4 is 11.9 Å². The topological polar surface area (TPSA) is 57.6 Å². The molecule has 0 atom stereocenters. The molecule has 0 aromatic heterocycles. The van der Waals surface area contributed by atoms with Crippen molar-refractivity contribution in [3.8, 4) is 0 Å². The predicted molar refractivity (Wildman–Crippen MR) is 51.8 cm³/mol. The number of carboxylic acids is 1. The molecule has 0 saturated heterocycles. The molecule has 0 heterocycles. The van der Waals surface area contributed by atoms with E-state index in [0.717, 1.165) is 6.42 Å². The molecule has 1 amide bonds. The van der Waals surface area contributed by atoms with E-state index in [-0.39, 0.29) is 5.91 Å². The van der Waals surface area contributed by atoms with Crippen LogP contribution in [0.3, 0.4) is 0 Å². The zero-order chi connectivity index (χ0) is 10.8. The molecule has 0 spiro atoms. The van der Waals surface area contributed by atoms with Crippen LogP contribution in [-0.4, -0.2) is 35.0 Å². The van der Waals surface area contributed by atoms with E-state index in [2.05, 4.69) is 0 Å². The normalized spacial score (nSPS) is 17.6. The summed E-state index contributed by atoms with van der Waals surface area (Å²) in [6.07, 6.45) is 1.87. The fraction of sp³-hybridized carbons (Fsp3) is 0.800. The SMILES string of the molecule is CCCN(CC)C(=O)C1(C(=O)O)CC1. The highest BCUT2D eigenvalue weighted by molar-refractivity contribution is 6.04. The van der Waals surface area contributed by atoms with Crippen LogP contribution in [0.15, 0.2) is 0 Å². The van der Waals surface area contributed by atoms with Crippen molar-refractivity contribution in [2.24, 2.45) is 5.41 Å². The van der Waals surface area contributed by atoms with Gasteiger partial charge in [-0.05, 0) is 26.2 Å². The zero-order valence-electron chi connectivity index (χ0n) is 8.75. The highest BCUT2D eigenvalue weighted by atomic mass is 16.4. The van der Waals surface area contributed by atoms with Gasteiger partial charge in [0.2, 0.25) is 5.91 Å². The number of hydrogen-bond donors (Lipinski definition) is 1. The summed E-state index contributed by atoms with van der Waals surface area (Å²) in [6, 6.07) is 0. The minimum atomic E-state index is -1.06. The smallest absolute Gasteiger partial charge is 0.319 e. The molecule has 80 valence electrons.